The zero-order valence-electron chi connectivity index (χ0n) is 14.9. The van der Waals surface area contributed by atoms with Crippen molar-refractivity contribution in [1.29, 1.82) is 0 Å². The molecule has 160 valence electrons. The number of sulfonamides is 2. The van der Waals surface area contributed by atoms with Gasteiger partial charge in [-0.2, -0.15) is 0 Å². The van der Waals surface area contributed by atoms with Gasteiger partial charge in [-0.05, 0) is 48.8 Å². The predicted octanol–water partition coefficient (Wildman–Crippen LogP) is 2.38. The van der Waals surface area contributed by atoms with Gasteiger partial charge in [0.15, 0.2) is 0 Å². The summed E-state index contributed by atoms with van der Waals surface area (Å²) in [6.45, 7) is 0. The number of hydrogen-bond acceptors (Lipinski definition) is 7. The molecule has 0 atom stereocenters. The topological polar surface area (TPSA) is 149 Å². The third-order valence-electron chi connectivity index (χ3n) is 3.44. The number of amides is 2. The molecule has 2 amide bonds. The first kappa shape index (κ1) is 23.5. The summed E-state index contributed by atoms with van der Waals surface area (Å²) in [5.74, 6) is -0.208. The average Bonchev–Trinajstić information content (AvgIpc) is 2.69. The van der Waals surface area contributed by atoms with E-state index in [0.717, 1.165) is 0 Å². The van der Waals surface area contributed by atoms with Crippen molar-refractivity contribution in [3.63, 3.8) is 0 Å². The Hall–Kier alpha value is -2.77. The smallest absolute Gasteiger partial charge is 0.366 e. The Morgan fingerprint density at radius 3 is 2.00 bits per heavy atom. The summed E-state index contributed by atoms with van der Waals surface area (Å²) in [6.07, 6.45) is 2.72. The van der Waals surface area contributed by atoms with Gasteiger partial charge < -0.3 is 15.3 Å². The molecule has 30 heavy (non-hydrogen) atoms. The first-order chi connectivity index (χ1) is 13.8. The Kier molecular flexibility index (Phi) is 7.70. The number of carbonyl (C=O) groups excluding carboxylic acids is 1. The molecule has 0 fully saturated rings. The molecule has 2 aromatic carbocycles. The maximum atomic E-state index is 12.3. The number of carbonyl (C=O) groups is 1. The van der Waals surface area contributed by atoms with Crippen molar-refractivity contribution in [2.45, 2.75) is 9.79 Å². The standard InChI is InChI=1S/C17H15N5O5S2.Ag/c23-17(22-29(26,27)14-5-2-1-3-6-14)20-13-7-9-15(10-8-13)28(24,25)21-16-18-11-4-12-19-16;/h1-12H,(H3,18,19,20,21,22,23);/q;+1/p-1. The Bertz CT molecular complexity index is 1210. The molecule has 3 aromatic rings. The van der Waals surface area contributed by atoms with Crippen molar-refractivity contribution in [2.24, 2.45) is 0 Å². The number of nitrogens with zero attached hydrogens (tertiary/aromatic N) is 3. The molecule has 3 rings (SSSR count). The van der Waals surface area contributed by atoms with Crippen LogP contribution in [0.4, 0.5) is 16.4 Å². The number of aromatic nitrogens is 2. The van der Waals surface area contributed by atoms with Gasteiger partial charge in [0.25, 0.3) is 10.0 Å². The van der Waals surface area contributed by atoms with Crippen molar-refractivity contribution in [3.05, 3.63) is 77.8 Å². The largest absolute Gasteiger partial charge is 1.00 e. The van der Waals surface area contributed by atoms with Gasteiger partial charge in [-0.3, -0.25) is 4.72 Å². The molecule has 0 bridgehead atoms. The first-order valence-electron chi connectivity index (χ1n) is 8.00. The van der Waals surface area contributed by atoms with E-state index in [4.69, 9.17) is 0 Å². The van der Waals surface area contributed by atoms with Gasteiger partial charge in [-0.25, -0.2) is 26.4 Å². The van der Waals surface area contributed by atoms with Gasteiger partial charge in [0.1, 0.15) is 0 Å². The zero-order valence-corrected chi connectivity index (χ0v) is 18.0. The molecule has 1 aromatic heterocycles. The molecule has 0 saturated heterocycles. The number of nitrogens with one attached hydrogen (secondary N) is 2. The van der Waals surface area contributed by atoms with E-state index in [1.54, 1.807) is 6.07 Å². The second kappa shape index (κ2) is 9.82. The molecule has 0 radical (unpaired) electrons. The summed E-state index contributed by atoms with van der Waals surface area (Å²) in [7, 11) is -8.08. The number of benzene rings is 2. The van der Waals surface area contributed by atoms with E-state index in [0.29, 0.717) is 0 Å². The van der Waals surface area contributed by atoms with Crippen LogP contribution in [0.2, 0.25) is 0 Å². The van der Waals surface area contributed by atoms with Crippen LogP contribution < -0.4 is 10.0 Å². The molecule has 0 saturated carbocycles. The van der Waals surface area contributed by atoms with Crippen LogP contribution in [0.25, 0.3) is 4.72 Å². The Morgan fingerprint density at radius 2 is 1.40 bits per heavy atom. The van der Waals surface area contributed by atoms with Crippen molar-refractivity contribution < 1.29 is 44.0 Å². The number of hydrogen-bond donors (Lipinski definition) is 2. The van der Waals surface area contributed by atoms with Crippen LogP contribution in [-0.2, 0) is 42.4 Å². The molecular weight excluding hydrogens is 526 g/mol. The van der Waals surface area contributed by atoms with Crippen LogP contribution >= 0.6 is 0 Å². The molecule has 13 heteroatoms. The van der Waals surface area contributed by atoms with E-state index in [1.165, 1.54) is 67.0 Å². The zero-order chi connectivity index (χ0) is 20.9. The van der Waals surface area contributed by atoms with Crippen LogP contribution in [0.3, 0.4) is 0 Å². The SMILES string of the molecule is O=C(Nc1ccc(S(=O)(=O)[N-]c2ncccn2)cc1)NS(=O)(=O)c1ccccc1.[Ag+]. The quantitative estimate of drug-likeness (QED) is 0.456. The molecule has 10 nitrogen and oxygen atoms in total. The van der Waals surface area contributed by atoms with E-state index in [9.17, 15) is 21.6 Å². The monoisotopic (exact) mass is 539 g/mol. The minimum absolute atomic E-state index is 0. The molecule has 0 aliphatic carbocycles. The fourth-order valence-electron chi connectivity index (χ4n) is 2.15. The van der Waals surface area contributed by atoms with E-state index in [1.807, 2.05) is 4.72 Å². The van der Waals surface area contributed by atoms with Crippen LogP contribution in [-0.4, -0.2) is 32.8 Å². The Morgan fingerprint density at radius 1 is 0.800 bits per heavy atom. The van der Waals surface area contributed by atoms with Gasteiger partial charge in [-0.1, -0.05) is 24.3 Å². The average molecular weight is 540 g/mol. The third kappa shape index (κ3) is 6.11. The van der Waals surface area contributed by atoms with E-state index in [-0.39, 0.29) is 43.8 Å². The summed E-state index contributed by atoms with van der Waals surface area (Å²) in [6, 6.07) is 12.9. The minimum Gasteiger partial charge on any atom is -0.366 e. The van der Waals surface area contributed by atoms with Gasteiger partial charge in [0, 0.05) is 11.6 Å². The molecule has 1 heterocycles. The third-order valence-corrected chi connectivity index (χ3v) is 6.06. The molecule has 0 unspecified atom stereocenters. The second-order valence-corrected chi connectivity index (χ2v) is 8.80. The normalized spacial score (nSPS) is 11.1. The fraction of sp³-hybridized carbons (Fsp3) is 0. The van der Waals surface area contributed by atoms with Crippen molar-refractivity contribution in [2.75, 3.05) is 5.32 Å². The van der Waals surface area contributed by atoms with Crippen LogP contribution in [0, 0.1) is 0 Å². The fourth-order valence-corrected chi connectivity index (χ4v) is 3.97. The number of urea groups is 1. The summed E-state index contributed by atoms with van der Waals surface area (Å²) < 4.78 is 54.1. The molecule has 0 spiro atoms. The van der Waals surface area contributed by atoms with Crippen LogP contribution in [0.5, 0.6) is 0 Å². The van der Waals surface area contributed by atoms with Gasteiger partial charge in [0.05, 0.1) is 9.79 Å². The van der Waals surface area contributed by atoms with Crippen molar-refractivity contribution >= 4 is 37.7 Å². The Labute approximate surface area is 188 Å². The Balaban J connectivity index is 0.00000320. The van der Waals surface area contributed by atoms with E-state index in [2.05, 4.69) is 20.0 Å². The van der Waals surface area contributed by atoms with Gasteiger partial charge in [-0.15, -0.1) is 0 Å². The number of anilines is 1. The van der Waals surface area contributed by atoms with Crippen LogP contribution in [0.15, 0.2) is 82.8 Å². The summed E-state index contributed by atoms with van der Waals surface area (Å²) in [5, 5.41) is 2.32. The summed E-state index contributed by atoms with van der Waals surface area (Å²) >= 11 is 0. The second-order valence-electron chi connectivity index (χ2n) is 5.51. The maximum Gasteiger partial charge on any atom is 1.00 e. The van der Waals surface area contributed by atoms with Gasteiger partial charge in [0.2, 0.25) is 10.0 Å². The van der Waals surface area contributed by atoms with Gasteiger partial charge >= 0.3 is 28.4 Å². The van der Waals surface area contributed by atoms with E-state index >= 15 is 0 Å². The summed E-state index contributed by atoms with van der Waals surface area (Å²) in [5.41, 5.74) is 0.181. The molecular formula is C17H14AgN5O5S2. The minimum atomic E-state index is -4.05. The van der Waals surface area contributed by atoms with Crippen LogP contribution in [0.1, 0.15) is 0 Å². The maximum absolute atomic E-state index is 12.3. The van der Waals surface area contributed by atoms with E-state index < -0.39 is 26.1 Å². The molecule has 0 aliphatic rings. The molecule has 0 aliphatic heterocycles. The van der Waals surface area contributed by atoms with Crippen molar-refractivity contribution in [3.8, 4) is 0 Å². The predicted molar refractivity (Wildman–Crippen MR) is 104 cm³/mol. The number of rotatable bonds is 6. The first-order valence-corrected chi connectivity index (χ1v) is 10.9. The summed E-state index contributed by atoms with van der Waals surface area (Å²) in [4.78, 5) is 19.2. The van der Waals surface area contributed by atoms with Crippen molar-refractivity contribution in [1.82, 2.24) is 14.7 Å². The molecule has 2 N–H and O–H groups in total.